The van der Waals surface area contributed by atoms with Gasteiger partial charge in [-0.05, 0) is 0 Å². The Bertz CT molecular complexity index is 285. The standard InChI is InChI=1S/C11H15NO2/c1-2-12(14)9-8-11(13)10-6-4-3-5-7-10/h3-7,14H,2,8-9H2,1H3. The first-order valence-corrected chi connectivity index (χ1v) is 4.76. The molecule has 3 heteroatoms. The molecule has 0 amide bonds. The van der Waals surface area contributed by atoms with Crippen molar-refractivity contribution in [2.75, 3.05) is 13.1 Å². The van der Waals surface area contributed by atoms with E-state index >= 15 is 0 Å². The molecule has 0 saturated heterocycles. The second-order valence-electron chi connectivity index (χ2n) is 3.09. The number of nitrogens with zero attached hydrogens (tertiary/aromatic N) is 1. The van der Waals surface area contributed by atoms with Crippen molar-refractivity contribution in [1.29, 1.82) is 0 Å². The van der Waals surface area contributed by atoms with Crippen LogP contribution in [0.3, 0.4) is 0 Å². The van der Waals surface area contributed by atoms with E-state index in [2.05, 4.69) is 0 Å². The number of hydroxylamine groups is 2. The van der Waals surface area contributed by atoms with Crippen LogP contribution in [-0.4, -0.2) is 29.1 Å². The minimum Gasteiger partial charge on any atom is -0.314 e. The van der Waals surface area contributed by atoms with E-state index in [0.29, 0.717) is 25.1 Å². The molecule has 0 unspecified atom stereocenters. The second-order valence-corrected chi connectivity index (χ2v) is 3.09. The molecular weight excluding hydrogens is 178 g/mol. The highest BCUT2D eigenvalue weighted by Crippen LogP contribution is 2.03. The molecule has 76 valence electrons. The van der Waals surface area contributed by atoms with Crippen LogP contribution in [0.2, 0.25) is 0 Å². The fraction of sp³-hybridized carbons (Fsp3) is 0.364. The van der Waals surface area contributed by atoms with Crippen molar-refractivity contribution in [1.82, 2.24) is 5.06 Å². The fourth-order valence-electron chi connectivity index (χ4n) is 1.16. The number of ketones is 1. The van der Waals surface area contributed by atoms with E-state index in [-0.39, 0.29) is 5.78 Å². The van der Waals surface area contributed by atoms with Crippen molar-refractivity contribution >= 4 is 5.78 Å². The van der Waals surface area contributed by atoms with Gasteiger partial charge in [-0.2, -0.15) is 5.06 Å². The van der Waals surface area contributed by atoms with Gasteiger partial charge in [0.05, 0.1) is 0 Å². The first-order valence-electron chi connectivity index (χ1n) is 4.76. The van der Waals surface area contributed by atoms with Crippen LogP contribution in [-0.2, 0) is 0 Å². The Hall–Kier alpha value is -1.19. The quantitative estimate of drug-likeness (QED) is 0.574. The molecule has 1 aromatic carbocycles. The van der Waals surface area contributed by atoms with Crippen LogP contribution in [0.4, 0.5) is 0 Å². The van der Waals surface area contributed by atoms with E-state index in [0.717, 1.165) is 5.06 Å². The summed E-state index contributed by atoms with van der Waals surface area (Å²) in [7, 11) is 0. The molecule has 0 aromatic heterocycles. The zero-order valence-electron chi connectivity index (χ0n) is 8.31. The zero-order chi connectivity index (χ0) is 10.4. The van der Waals surface area contributed by atoms with Gasteiger partial charge in [-0.3, -0.25) is 4.79 Å². The number of carbonyl (C=O) groups excluding carboxylic acids is 1. The Morgan fingerprint density at radius 3 is 2.57 bits per heavy atom. The monoisotopic (exact) mass is 193 g/mol. The molecular formula is C11H15NO2. The summed E-state index contributed by atoms with van der Waals surface area (Å²) >= 11 is 0. The first kappa shape index (κ1) is 10.9. The van der Waals surface area contributed by atoms with Gasteiger partial charge in [0.15, 0.2) is 5.78 Å². The van der Waals surface area contributed by atoms with E-state index in [1.807, 2.05) is 25.1 Å². The minimum absolute atomic E-state index is 0.0677. The molecule has 0 radical (unpaired) electrons. The molecule has 0 bridgehead atoms. The Morgan fingerprint density at radius 2 is 2.00 bits per heavy atom. The summed E-state index contributed by atoms with van der Waals surface area (Å²) in [6, 6.07) is 9.13. The first-order chi connectivity index (χ1) is 6.74. The van der Waals surface area contributed by atoms with Crippen LogP contribution < -0.4 is 0 Å². The van der Waals surface area contributed by atoms with Gasteiger partial charge >= 0.3 is 0 Å². The van der Waals surface area contributed by atoms with Gasteiger partial charge in [-0.15, -0.1) is 0 Å². The number of benzene rings is 1. The maximum atomic E-state index is 11.5. The molecule has 0 fully saturated rings. The SMILES string of the molecule is CCN(O)CCC(=O)c1ccccc1. The lowest BCUT2D eigenvalue weighted by Crippen LogP contribution is -2.22. The van der Waals surface area contributed by atoms with E-state index in [1.165, 1.54) is 0 Å². The van der Waals surface area contributed by atoms with E-state index in [4.69, 9.17) is 5.21 Å². The molecule has 14 heavy (non-hydrogen) atoms. The number of carbonyl (C=O) groups is 1. The summed E-state index contributed by atoms with van der Waals surface area (Å²) in [4.78, 5) is 11.5. The zero-order valence-corrected chi connectivity index (χ0v) is 8.31. The average molecular weight is 193 g/mol. The third-order valence-electron chi connectivity index (χ3n) is 2.06. The Morgan fingerprint density at radius 1 is 1.36 bits per heavy atom. The Kier molecular flexibility index (Phi) is 4.29. The smallest absolute Gasteiger partial charge is 0.164 e. The lowest BCUT2D eigenvalue weighted by Gasteiger charge is -2.10. The molecule has 0 spiro atoms. The third-order valence-corrected chi connectivity index (χ3v) is 2.06. The lowest BCUT2D eigenvalue weighted by molar-refractivity contribution is -0.0848. The second kappa shape index (κ2) is 5.52. The third kappa shape index (κ3) is 3.28. The van der Waals surface area contributed by atoms with E-state index < -0.39 is 0 Å². The Balaban J connectivity index is 2.44. The number of hydrogen-bond donors (Lipinski definition) is 1. The minimum atomic E-state index is 0.0677. The largest absolute Gasteiger partial charge is 0.314 e. The van der Waals surface area contributed by atoms with E-state index in [9.17, 15) is 4.79 Å². The van der Waals surface area contributed by atoms with Crippen molar-refractivity contribution in [2.24, 2.45) is 0 Å². The average Bonchev–Trinajstić information content (AvgIpc) is 2.26. The summed E-state index contributed by atoms with van der Waals surface area (Å²) in [5, 5.41) is 10.3. The Labute approximate surface area is 83.9 Å². The molecule has 0 atom stereocenters. The van der Waals surface area contributed by atoms with Crippen LogP contribution in [0.25, 0.3) is 0 Å². The van der Waals surface area contributed by atoms with Crippen LogP contribution in [0.1, 0.15) is 23.7 Å². The molecule has 0 aliphatic carbocycles. The maximum absolute atomic E-state index is 11.5. The van der Waals surface area contributed by atoms with Crippen molar-refractivity contribution in [3.8, 4) is 0 Å². The molecule has 0 saturated carbocycles. The molecule has 0 aliphatic rings. The van der Waals surface area contributed by atoms with Gasteiger partial charge in [-0.1, -0.05) is 37.3 Å². The van der Waals surface area contributed by atoms with E-state index in [1.54, 1.807) is 12.1 Å². The molecule has 0 aliphatic heterocycles. The number of hydrogen-bond acceptors (Lipinski definition) is 3. The summed E-state index contributed by atoms with van der Waals surface area (Å²) in [5.74, 6) is 0.0677. The van der Waals surface area contributed by atoms with Crippen molar-refractivity contribution < 1.29 is 10.0 Å². The maximum Gasteiger partial charge on any atom is 0.164 e. The van der Waals surface area contributed by atoms with Crippen molar-refractivity contribution in [3.63, 3.8) is 0 Å². The predicted molar refractivity (Wildman–Crippen MR) is 54.4 cm³/mol. The summed E-state index contributed by atoms with van der Waals surface area (Å²) in [6.45, 7) is 2.78. The van der Waals surface area contributed by atoms with Crippen molar-refractivity contribution in [3.05, 3.63) is 35.9 Å². The topological polar surface area (TPSA) is 40.5 Å². The highest BCUT2D eigenvalue weighted by molar-refractivity contribution is 5.96. The highest BCUT2D eigenvalue weighted by Gasteiger charge is 2.06. The fourth-order valence-corrected chi connectivity index (χ4v) is 1.16. The molecule has 0 heterocycles. The number of Topliss-reactive ketones (excluding diaryl/α,β-unsaturated/α-hetero) is 1. The highest BCUT2D eigenvalue weighted by atomic mass is 16.5. The van der Waals surface area contributed by atoms with Crippen LogP contribution in [0.5, 0.6) is 0 Å². The van der Waals surface area contributed by atoms with Gasteiger partial charge in [-0.25, -0.2) is 0 Å². The van der Waals surface area contributed by atoms with Gasteiger partial charge < -0.3 is 5.21 Å². The summed E-state index contributed by atoms with van der Waals surface area (Å²) < 4.78 is 0. The normalized spacial score (nSPS) is 10.5. The van der Waals surface area contributed by atoms with Gasteiger partial charge in [0.25, 0.3) is 0 Å². The van der Waals surface area contributed by atoms with Gasteiger partial charge in [0, 0.05) is 25.1 Å². The summed E-state index contributed by atoms with van der Waals surface area (Å²) in [6.07, 6.45) is 0.356. The van der Waals surface area contributed by atoms with Gasteiger partial charge in [0.2, 0.25) is 0 Å². The van der Waals surface area contributed by atoms with Crippen LogP contribution in [0.15, 0.2) is 30.3 Å². The van der Waals surface area contributed by atoms with Gasteiger partial charge in [0.1, 0.15) is 0 Å². The lowest BCUT2D eigenvalue weighted by atomic mass is 10.1. The molecule has 1 aromatic rings. The van der Waals surface area contributed by atoms with Crippen molar-refractivity contribution in [2.45, 2.75) is 13.3 Å². The molecule has 1 N–H and O–H groups in total. The molecule has 1 rings (SSSR count). The molecule has 3 nitrogen and oxygen atoms in total. The number of rotatable bonds is 5. The van der Waals surface area contributed by atoms with Crippen LogP contribution in [0, 0.1) is 0 Å². The summed E-state index contributed by atoms with van der Waals surface area (Å²) in [5.41, 5.74) is 0.706. The predicted octanol–water partition coefficient (Wildman–Crippen LogP) is 1.97. The van der Waals surface area contributed by atoms with Crippen LogP contribution >= 0.6 is 0 Å².